The zero-order valence-electron chi connectivity index (χ0n) is 19.5. The lowest BCUT2D eigenvalue weighted by atomic mass is 10.3. The maximum Gasteiger partial charge on any atom is 0.266 e. The number of nitrogens with zero attached hydrogens (tertiary/aromatic N) is 3. The van der Waals surface area contributed by atoms with Gasteiger partial charge in [0, 0.05) is 18.0 Å². The zero-order chi connectivity index (χ0) is 24.2. The molecule has 0 atom stereocenters. The molecule has 1 saturated heterocycles. The van der Waals surface area contributed by atoms with Crippen LogP contribution < -0.4 is 9.64 Å². The lowest BCUT2D eigenvalue weighted by Crippen LogP contribution is -2.28. The van der Waals surface area contributed by atoms with Gasteiger partial charge in [0.25, 0.3) is 5.91 Å². The number of hydrogen-bond donors (Lipinski definition) is 0. The number of anilines is 1. The Kier molecular flexibility index (Phi) is 6.97. The number of allylic oxidation sites excluding steroid dienone is 2. The van der Waals surface area contributed by atoms with E-state index in [2.05, 4.69) is 36.1 Å². The summed E-state index contributed by atoms with van der Waals surface area (Å²) in [6.45, 7) is 5.54. The standard InChI is InChI=1S/C28H25N3O2S2/c1-3-30-23-12-8-9-13-24(23)34-26(30)19-18-25-27(32)31(4-2)28(35-25)29-20-14-16-22(17-15-20)33-21-10-6-5-7-11-21/h5-19H,3-4H2,1-2H3/b25-18-,26-19+,29-28?. The van der Waals surface area contributed by atoms with Crippen molar-refractivity contribution in [3.8, 4) is 11.5 Å². The van der Waals surface area contributed by atoms with Crippen molar-refractivity contribution in [3.05, 3.63) is 101 Å². The van der Waals surface area contributed by atoms with Crippen molar-refractivity contribution in [1.29, 1.82) is 0 Å². The highest BCUT2D eigenvalue weighted by molar-refractivity contribution is 8.18. The average molecular weight is 500 g/mol. The molecule has 3 aromatic rings. The van der Waals surface area contributed by atoms with Gasteiger partial charge < -0.3 is 9.64 Å². The number of hydrogen-bond acceptors (Lipinski definition) is 6. The van der Waals surface area contributed by atoms with Gasteiger partial charge in [0.05, 0.1) is 21.3 Å². The molecule has 1 amide bonds. The Morgan fingerprint density at radius 1 is 0.800 bits per heavy atom. The third kappa shape index (κ3) is 5.01. The van der Waals surface area contributed by atoms with E-state index in [1.807, 2.05) is 73.7 Å². The van der Waals surface area contributed by atoms with Crippen LogP contribution in [0.15, 0.2) is 111 Å². The van der Waals surface area contributed by atoms with Crippen LogP contribution in [0, 0.1) is 0 Å². The predicted molar refractivity (Wildman–Crippen MR) is 147 cm³/mol. The summed E-state index contributed by atoms with van der Waals surface area (Å²) in [7, 11) is 0. The molecule has 0 bridgehead atoms. The molecule has 0 aliphatic carbocycles. The van der Waals surface area contributed by atoms with E-state index in [0.29, 0.717) is 16.6 Å². The van der Waals surface area contributed by atoms with Gasteiger partial charge in [0.1, 0.15) is 11.5 Å². The van der Waals surface area contributed by atoms with Crippen molar-refractivity contribution in [2.45, 2.75) is 18.7 Å². The second-order valence-corrected chi connectivity index (χ2v) is 9.88. The fourth-order valence-corrected chi connectivity index (χ4v) is 5.99. The Morgan fingerprint density at radius 2 is 1.49 bits per heavy atom. The van der Waals surface area contributed by atoms with E-state index in [1.54, 1.807) is 16.7 Å². The first-order valence-corrected chi connectivity index (χ1v) is 13.2. The number of amidine groups is 1. The molecule has 2 aliphatic heterocycles. The average Bonchev–Trinajstić information content (AvgIpc) is 3.40. The van der Waals surface area contributed by atoms with Gasteiger partial charge >= 0.3 is 0 Å². The van der Waals surface area contributed by atoms with Gasteiger partial charge in [0.2, 0.25) is 0 Å². The van der Waals surface area contributed by atoms with Gasteiger partial charge in [-0.3, -0.25) is 9.69 Å². The monoisotopic (exact) mass is 499 g/mol. The van der Waals surface area contributed by atoms with Gasteiger partial charge in [-0.2, -0.15) is 0 Å². The largest absolute Gasteiger partial charge is 0.457 e. The fraction of sp³-hybridized carbons (Fsp3) is 0.143. The van der Waals surface area contributed by atoms with E-state index in [4.69, 9.17) is 9.73 Å². The molecule has 0 N–H and O–H groups in total. The maximum atomic E-state index is 13.1. The molecule has 0 spiro atoms. The number of ether oxygens (including phenoxy) is 1. The number of para-hydroxylation sites is 2. The SMILES string of the molecule is CCN1C(=O)/C(=C/C=C2/Sc3ccccc3N2CC)SC1=Nc1ccc(Oc2ccccc2)cc1. The van der Waals surface area contributed by atoms with Crippen LogP contribution in [0.5, 0.6) is 11.5 Å². The molecular weight excluding hydrogens is 474 g/mol. The summed E-state index contributed by atoms with van der Waals surface area (Å²) in [6.07, 6.45) is 3.97. The summed E-state index contributed by atoms with van der Waals surface area (Å²) >= 11 is 3.14. The summed E-state index contributed by atoms with van der Waals surface area (Å²) in [5, 5.41) is 1.81. The molecule has 0 radical (unpaired) electrons. The van der Waals surface area contributed by atoms with Crippen LogP contribution >= 0.6 is 23.5 Å². The lowest BCUT2D eigenvalue weighted by molar-refractivity contribution is -0.122. The number of carbonyl (C=O) groups is 1. The van der Waals surface area contributed by atoms with Crippen LogP contribution in [-0.2, 0) is 4.79 Å². The van der Waals surface area contributed by atoms with Gasteiger partial charge in [-0.1, -0.05) is 42.1 Å². The Morgan fingerprint density at radius 3 is 2.23 bits per heavy atom. The molecule has 35 heavy (non-hydrogen) atoms. The number of thioether (sulfide) groups is 2. The summed E-state index contributed by atoms with van der Waals surface area (Å²) in [6, 6.07) is 25.6. The van der Waals surface area contributed by atoms with Gasteiger partial charge in [-0.15, -0.1) is 0 Å². The van der Waals surface area contributed by atoms with Crippen molar-refractivity contribution in [2.75, 3.05) is 18.0 Å². The zero-order valence-corrected chi connectivity index (χ0v) is 21.2. The molecule has 2 heterocycles. The molecule has 3 aromatic carbocycles. The first-order chi connectivity index (χ1) is 17.2. The van der Waals surface area contributed by atoms with Crippen LogP contribution in [-0.4, -0.2) is 29.1 Å². The van der Waals surface area contributed by atoms with E-state index in [1.165, 1.54) is 22.3 Å². The van der Waals surface area contributed by atoms with Gasteiger partial charge in [-0.25, -0.2) is 4.99 Å². The third-order valence-electron chi connectivity index (χ3n) is 5.57. The second kappa shape index (κ2) is 10.5. The van der Waals surface area contributed by atoms with Crippen molar-refractivity contribution in [2.24, 2.45) is 4.99 Å². The van der Waals surface area contributed by atoms with Gasteiger partial charge in [-0.05, 0) is 86.3 Å². The second-order valence-electron chi connectivity index (χ2n) is 7.80. The highest BCUT2D eigenvalue weighted by atomic mass is 32.2. The molecule has 2 aliphatic rings. The number of carbonyl (C=O) groups excluding carboxylic acids is 1. The highest BCUT2D eigenvalue weighted by Gasteiger charge is 2.32. The maximum absolute atomic E-state index is 13.1. The van der Waals surface area contributed by atoms with E-state index in [9.17, 15) is 4.79 Å². The van der Waals surface area contributed by atoms with Crippen molar-refractivity contribution in [1.82, 2.24) is 4.90 Å². The summed E-state index contributed by atoms with van der Waals surface area (Å²) < 4.78 is 5.86. The van der Waals surface area contributed by atoms with E-state index >= 15 is 0 Å². The lowest BCUT2D eigenvalue weighted by Gasteiger charge is -2.17. The number of benzene rings is 3. The molecule has 0 saturated carbocycles. The number of fused-ring (bicyclic) bond motifs is 1. The van der Waals surface area contributed by atoms with Crippen LogP contribution in [0.25, 0.3) is 0 Å². The molecule has 5 nitrogen and oxygen atoms in total. The minimum absolute atomic E-state index is 0.0132. The summed E-state index contributed by atoms with van der Waals surface area (Å²) in [4.78, 5) is 23.7. The van der Waals surface area contributed by atoms with Crippen molar-refractivity contribution >= 4 is 46.0 Å². The highest BCUT2D eigenvalue weighted by Crippen LogP contribution is 2.45. The number of aliphatic imine (C=N–C) groups is 1. The number of rotatable bonds is 6. The summed E-state index contributed by atoms with van der Waals surface area (Å²) in [5.41, 5.74) is 1.99. The predicted octanol–water partition coefficient (Wildman–Crippen LogP) is 7.42. The van der Waals surface area contributed by atoms with Crippen LogP contribution in [0.2, 0.25) is 0 Å². The number of likely N-dealkylation sites (N-methyl/N-ethyl adjacent to an activating group) is 1. The first-order valence-electron chi connectivity index (χ1n) is 11.5. The molecule has 5 rings (SSSR count). The minimum atomic E-state index is -0.0132. The normalized spacial score (nSPS) is 18.7. The van der Waals surface area contributed by atoms with Gasteiger partial charge in [0.15, 0.2) is 5.17 Å². The van der Waals surface area contributed by atoms with E-state index in [0.717, 1.165) is 28.8 Å². The van der Waals surface area contributed by atoms with E-state index < -0.39 is 0 Å². The number of amides is 1. The fourth-order valence-electron chi connectivity index (χ4n) is 3.86. The Labute approximate surface area is 214 Å². The Bertz CT molecular complexity index is 1320. The molecular formula is C28H25N3O2S2. The minimum Gasteiger partial charge on any atom is -0.457 e. The topological polar surface area (TPSA) is 45.1 Å². The van der Waals surface area contributed by atoms with Crippen LogP contribution in [0.3, 0.4) is 0 Å². The van der Waals surface area contributed by atoms with Crippen LogP contribution in [0.4, 0.5) is 11.4 Å². The van der Waals surface area contributed by atoms with Crippen molar-refractivity contribution < 1.29 is 9.53 Å². The molecule has 7 heteroatoms. The Hall–Kier alpha value is -3.42. The summed E-state index contributed by atoms with van der Waals surface area (Å²) in [5.74, 6) is 1.51. The third-order valence-corrected chi connectivity index (χ3v) is 7.73. The molecule has 0 aromatic heterocycles. The molecule has 1 fully saturated rings. The van der Waals surface area contributed by atoms with Crippen LogP contribution in [0.1, 0.15) is 13.8 Å². The van der Waals surface area contributed by atoms with E-state index in [-0.39, 0.29) is 5.91 Å². The molecule has 176 valence electrons. The molecule has 0 unspecified atom stereocenters. The quantitative estimate of drug-likeness (QED) is 0.330. The first kappa shape index (κ1) is 23.3. The smallest absolute Gasteiger partial charge is 0.266 e. The van der Waals surface area contributed by atoms with Crippen molar-refractivity contribution in [3.63, 3.8) is 0 Å². The Balaban J connectivity index is 1.34.